The zero-order valence-corrected chi connectivity index (χ0v) is 15.6. The van der Waals surface area contributed by atoms with Crippen LogP contribution in [0.5, 0.6) is 0 Å². The highest BCUT2D eigenvalue weighted by Crippen LogP contribution is 2.27. The summed E-state index contributed by atoms with van der Waals surface area (Å²) < 4.78 is 33.4. The molecule has 0 saturated carbocycles. The number of carboxylic acid groups (broad SMARTS) is 1. The molecule has 0 bridgehead atoms. The van der Waals surface area contributed by atoms with Gasteiger partial charge in [-0.2, -0.15) is 13.2 Å². The fraction of sp³-hybridized carbons (Fsp3) is 0.438. The van der Waals surface area contributed by atoms with Crippen molar-refractivity contribution in [2.75, 3.05) is 13.1 Å². The van der Waals surface area contributed by atoms with Gasteiger partial charge in [-0.25, -0.2) is 9.78 Å². The van der Waals surface area contributed by atoms with Gasteiger partial charge in [0, 0.05) is 19.5 Å². The number of carboxylic acids is 1. The van der Waals surface area contributed by atoms with Gasteiger partial charge < -0.3 is 10.4 Å². The van der Waals surface area contributed by atoms with E-state index in [1.807, 2.05) is 0 Å². The maximum absolute atomic E-state index is 12.5. The van der Waals surface area contributed by atoms with Crippen LogP contribution in [0.4, 0.5) is 13.2 Å². The molecule has 6 nitrogen and oxygen atoms in total. The lowest BCUT2D eigenvalue weighted by Gasteiger charge is -2.24. The molecule has 1 saturated heterocycles. The Morgan fingerprint density at radius 3 is 2.44 bits per heavy atom. The minimum atomic E-state index is -5.08. The Labute approximate surface area is 161 Å². The van der Waals surface area contributed by atoms with Crippen LogP contribution in [-0.4, -0.2) is 39.9 Å². The van der Waals surface area contributed by atoms with Crippen LogP contribution in [0, 0.1) is 0 Å². The van der Waals surface area contributed by atoms with E-state index in [0.29, 0.717) is 20.9 Å². The number of benzene rings is 1. The van der Waals surface area contributed by atoms with Gasteiger partial charge in [-0.3, -0.25) is 9.36 Å². The summed E-state index contributed by atoms with van der Waals surface area (Å²) in [7, 11) is 1.77. The molecule has 2 aromatic rings. The SMILES string of the molecule is Cn1c([C@@H]2CCCNC2)nc2cc(Cl)c(Cl)cc2c1=O.O=C(O)C(F)(F)F. The van der Waals surface area contributed by atoms with Crippen LogP contribution in [-0.2, 0) is 11.8 Å². The van der Waals surface area contributed by atoms with Crippen LogP contribution in [0.3, 0.4) is 0 Å². The number of piperidine rings is 1. The second-order valence-electron chi connectivity index (χ2n) is 5.96. The normalized spacial score (nSPS) is 17.3. The molecular weight excluding hydrogens is 410 g/mol. The second kappa shape index (κ2) is 8.45. The molecule has 1 aliphatic rings. The summed E-state index contributed by atoms with van der Waals surface area (Å²) in [6.45, 7) is 1.88. The zero-order chi connectivity index (χ0) is 20.4. The third-order valence-electron chi connectivity index (χ3n) is 4.06. The molecule has 3 rings (SSSR count). The first-order valence-electron chi connectivity index (χ1n) is 7.89. The fourth-order valence-electron chi connectivity index (χ4n) is 2.72. The number of rotatable bonds is 1. The van der Waals surface area contributed by atoms with Crippen molar-refractivity contribution in [3.05, 3.63) is 38.4 Å². The summed E-state index contributed by atoms with van der Waals surface area (Å²) in [4.78, 5) is 26.0. The molecule has 1 fully saturated rings. The molecule has 0 spiro atoms. The number of nitrogens with one attached hydrogen (secondary N) is 1. The van der Waals surface area contributed by atoms with Gasteiger partial charge in [-0.1, -0.05) is 23.2 Å². The molecule has 0 amide bonds. The number of aromatic nitrogens is 2. The van der Waals surface area contributed by atoms with Crippen molar-refractivity contribution < 1.29 is 23.1 Å². The van der Waals surface area contributed by atoms with E-state index in [1.165, 1.54) is 0 Å². The first kappa shape index (κ1) is 21.5. The number of nitrogens with zero attached hydrogens (tertiary/aromatic N) is 2. The highest BCUT2D eigenvalue weighted by Gasteiger charge is 2.38. The Hall–Kier alpha value is -1.84. The van der Waals surface area contributed by atoms with Crippen LogP contribution in [0.1, 0.15) is 24.6 Å². The predicted octanol–water partition coefficient (Wildman–Crippen LogP) is 3.34. The molecule has 2 N–H and O–H groups in total. The summed E-state index contributed by atoms with van der Waals surface area (Å²) in [6, 6.07) is 3.26. The van der Waals surface area contributed by atoms with Crippen molar-refractivity contribution in [1.29, 1.82) is 0 Å². The smallest absolute Gasteiger partial charge is 0.475 e. The highest BCUT2D eigenvalue weighted by atomic mass is 35.5. The number of fused-ring (bicyclic) bond motifs is 1. The summed E-state index contributed by atoms with van der Waals surface area (Å²) in [5.41, 5.74) is 0.539. The molecule has 1 aromatic carbocycles. The Morgan fingerprint density at radius 2 is 1.93 bits per heavy atom. The molecule has 2 heterocycles. The number of alkyl halides is 3. The van der Waals surface area contributed by atoms with Crippen LogP contribution < -0.4 is 10.9 Å². The average Bonchev–Trinajstić information content (AvgIpc) is 2.60. The minimum Gasteiger partial charge on any atom is -0.475 e. The Balaban J connectivity index is 0.000000321. The lowest BCUT2D eigenvalue weighted by molar-refractivity contribution is -0.192. The monoisotopic (exact) mass is 425 g/mol. The Bertz CT molecular complexity index is 910. The lowest BCUT2D eigenvalue weighted by atomic mass is 9.98. The second-order valence-corrected chi connectivity index (χ2v) is 6.78. The fourth-order valence-corrected chi connectivity index (χ4v) is 3.04. The maximum Gasteiger partial charge on any atom is 0.490 e. The minimum absolute atomic E-state index is 0.0749. The van der Waals surface area contributed by atoms with E-state index in [0.717, 1.165) is 31.8 Å². The quantitative estimate of drug-likeness (QED) is 0.731. The summed E-state index contributed by atoms with van der Waals surface area (Å²) in [5, 5.41) is 11.8. The Morgan fingerprint density at radius 1 is 1.33 bits per heavy atom. The van der Waals surface area contributed by atoms with Crippen molar-refractivity contribution in [1.82, 2.24) is 14.9 Å². The van der Waals surface area contributed by atoms with Crippen molar-refractivity contribution in [3.63, 3.8) is 0 Å². The van der Waals surface area contributed by atoms with Gasteiger partial charge in [-0.05, 0) is 31.5 Å². The molecule has 1 aliphatic heterocycles. The molecule has 11 heteroatoms. The van der Waals surface area contributed by atoms with E-state index < -0.39 is 12.1 Å². The van der Waals surface area contributed by atoms with Gasteiger partial charge in [0.25, 0.3) is 5.56 Å². The van der Waals surface area contributed by atoms with Crippen molar-refractivity contribution in [2.24, 2.45) is 7.05 Å². The molecule has 0 aliphatic carbocycles. The summed E-state index contributed by atoms with van der Waals surface area (Å²) in [5.74, 6) is -1.68. The first-order chi connectivity index (χ1) is 12.5. The third kappa shape index (κ3) is 5.12. The number of aliphatic carboxylic acids is 1. The largest absolute Gasteiger partial charge is 0.490 e. The highest BCUT2D eigenvalue weighted by molar-refractivity contribution is 6.42. The number of hydrogen-bond acceptors (Lipinski definition) is 4. The topological polar surface area (TPSA) is 84.2 Å². The van der Waals surface area contributed by atoms with Gasteiger partial charge in [0.2, 0.25) is 0 Å². The molecular formula is C16H16Cl2F3N3O3. The van der Waals surface area contributed by atoms with E-state index >= 15 is 0 Å². The Kier molecular flexibility index (Phi) is 6.72. The van der Waals surface area contributed by atoms with E-state index in [1.54, 1.807) is 23.7 Å². The molecule has 0 radical (unpaired) electrons. The van der Waals surface area contributed by atoms with Gasteiger partial charge in [0.1, 0.15) is 5.82 Å². The standard InChI is InChI=1S/C14H15Cl2N3O.C2HF3O2/c1-19-13(8-3-2-4-17-7-8)18-12-6-11(16)10(15)5-9(12)14(19)20;3-2(4,5)1(6)7/h5-6,8,17H,2-4,7H2,1H3;(H,6,7)/t8-;/m1./s1. The van der Waals surface area contributed by atoms with Crippen molar-refractivity contribution >= 4 is 40.1 Å². The van der Waals surface area contributed by atoms with Crippen LogP contribution in [0.25, 0.3) is 10.9 Å². The number of carbonyl (C=O) groups is 1. The van der Waals surface area contributed by atoms with E-state index in [4.69, 9.17) is 33.1 Å². The van der Waals surface area contributed by atoms with Gasteiger partial charge >= 0.3 is 12.1 Å². The summed E-state index contributed by atoms with van der Waals surface area (Å²) >= 11 is 12.0. The van der Waals surface area contributed by atoms with Crippen molar-refractivity contribution in [2.45, 2.75) is 24.9 Å². The van der Waals surface area contributed by atoms with E-state index in [9.17, 15) is 18.0 Å². The maximum atomic E-state index is 12.5. The zero-order valence-electron chi connectivity index (χ0n) is 14.1. The van der Waals surface area contributed by atoms with E-state index in [-0.39, 0.29) is 11.5 Å². The molecule has 0 unspecified atom stereocenters. The molecule has 1 atom stereocenters. The van der Waals surface area contributed by atoms with Gasteiger partial charge in [0.15, 0.2) is 0 Å². The third-order valence-corrected chi connectivity index (χ3v) is 4.78. The van der Waals surface area contributed by atoms with Gasteiger partial charge in [-0.15, -0.1) is 0 Å². The van der Waals surface area contributed by atoms with Crippen LogP contribution in [0.2, 0.25) is 10.0 Å². The van der Waals surface area contributed by atoms with Crippen LogP contribution >= 0.6 is 23.2 Å². The van der Waals surface area contributed by atoms with Crippen molar-refractivity contribution in [3.8, 4) is 0 Å². The predicted molar refractivity (Wildman–Crippen MR) is 95.5 cm³/mol. The van der Waals surface area contributed by atoms with E-state index in [2.05, 4.69) is 10.3 Å². The van der Waals surface area contributed by atoms with Crippen LogP contribution in [0.15, 0.2) is 16.9 Å². The molecule has 27 heavy (non-hydrogen) atoms. The first-order valence-corrected chi connectivity index (χ1v) is 8.64. The molecule has 148 valence electrons. The summed E-state index contributed by atoms with van der Waals surface area (Å²) in [6.07, 6.45) is -2.94. The molecule has 1 aromatic heterocycles. The number of hydrogen-bond donors (Lipinski definition) is 2. The van der Waals surface area contributed by atoms with Gasteiger partial charge in [0.05, 0.1) is 20.9 Å². The lowest BCUT2D eigenvalue weighted by Crippen LogP contribution is -2.33. The number of halogens is 5. The average molecular weight is 426 g/mol.